The van der Waals surface area contributed by atoms with Crippen molar-refractivity contribution in [3.63, 3.8) is 0 Å². The molecule has 3 rings (SSSR count). The minimum atomic E-state index is -0.793. The third kappa shape index (κ3) is 3.53. The standard InChI is InChI=1S/C17H22N2O3S/c1-2-19(9-16(20)21)12-7-11(8-12)18-17(22)14-10-23-15-6-4-3-5-13(14)15/h3-6,11-12,14H,2,7-10H2,1H3,(H,18,22)(H,20,21)/t11?,12?,14-/m1/s1. The zero-order valence-electron chi connectivity index (χ0n) is 13.2. The number of fused-ring (bicyclic) bond motifs is 1. The van der Waals surface area contributed by atoms with E-state index >= 15 is 0 Å². The Morgan fingerprint density at radius 1 is 1.35 bits per heavy atom. The molecule has 0 saturated heterocycles. The van der Waals surface area contributed by atoms with Gasteiger partial charge in [-0.15, -0.1) is 11.8 Å². The average molecular weight is 334 g/mol. The van der Waals surface area contributed by atoms with Gasteiger partial charge in [0, 0.05) is 22.7 Å². The van der Waals surface area contributed by atoms with Crippen LogP contribution >= 0.6 is 11.8 Å². The van der Waals surface area contributed by atoms with Gasteiger partial charge in [0.25, 0.3) is 0 Å². The Bertz CT molecular complexity index is 601. The minimum absolute atomic E-state index is 0.0588. The fourth-order valence-corrected chi connectivity index (χ4v) is 4.59. The molecule has 0 spiro atoms. The molecule has 1 amide bonds. The molecule has 1 atom stereocenters. The van der Waals surface area contributed by atoms with E-state index in [1.165, 1.54) is 4.90 Å². The maximum atomic E-state index is 12.5. The highest BCUT2D eigenvalue weighted by Gasteiger charge is 2.37. The summed E-state index contributed by atoms with van der Waals surface area (Å²) < 4.78 is 0. The van der Waals surface area contributed by atoms with Gasteiger partial charge >= 0.3 is 5.97 Å². The number of rotatable bonds is 6. The summed E-state index contributed by atoms with van der Waals surface area (Å²) in [5.74, 6) is 0.0594. The normalized spacial score (nSPS) is 25.7. The van der Waals surface area contributed by atoms with Crippen LogP contribution in [0.1, 0.15) is 31.2 Å². The largest absolute Gasteiger partial charge is 0.480 e. The molecule has 0 aromatic heterocycles. The Hall–Kier alpha value is -1.53. The van der Waals surface area contributed by atoms with E-state index in [-0.39, 0.29) is 30.5 Å². The second-order valence-electron chi connectivity index (χ2n) is 6.19. The highest BCUT2D eigenvalue weighted by molar-refractivity contribution is 7.99. The van der Waals surface area contributed by atoms with Gasteiger partial charge in [0.1, 0.15) is 0 Å². The van der Waals surface area contributed by atoms with Crippen LogP contribution in [0.25, 0.3) is 0 Å². The van der Waals surface area contributed by atoms with Crippen LogP contribution in [0.15, 0.2) is 29.2 Å². The van der Waals surface area contributed by atoms with Crippen LogP contribution in [0.3, 0.4) is 0 Å². The number of nitrogens with one attached hydrogen (secondary N) is 1. The molecule has 1 aliphatic carbocycles. The first-order chi connectivity index (χ1) is 11.1. The molecule has 1 saturated carbocycles. The summed E-state index contributed by atoms with van der Waals surface area (Å²) in [4.78, 5) is 26.5. The average Bonchev–Trinajstić information content (AvgIpc) is 2.92. The van der Waals surface area contributed by atoms with E-state index < -0.39 is 5.97 Å². The van der Waals surface area contributed by atoms with Gasteiger partial charge < -0.3 is 10.4 Å². The van der Waals surface area contributed by atoms with Gasteiger partial charge in [-0.05, 0) is 31.0 Å². The first-order valence-electron chi connectivity index (χ1n) is 8.06. The maximum absolute atomic E-state index is 12.5. The molecule has 6 heteroatoms. The smallest absolute Gasteiger partial charge is 0.317 e. The Labute approximate surface area is 140 Å². The first-order valence-corrected chi connectivity index (χ1v) is 9.05. The summed E-state index contributed by atoms with van der Waals surface area (Å²) in [7, 11) is 0. The molecule has 1 aliphatic heterocycles. The van der Waals surface area contributed by atoms with E-state index in [2.05, 4.69) is 11.4 Å². The number of carbonyl (C=O) groups excluding carboxylic acids is 1. The summed E-state index contributed by atoms with van der Waals surface area (Å²) in [5, 5.41) is 12.1. The number of likely N-dealkylation sites (N-methyl/N-ethyl adjacent to an activating group) is 1. The lowest BCUT2D eigenvalue weighted by atomic mass is 9.84. The Morgan fingerprint density at radius 3 is 2.78 bits per heavy atom. The molecule has 0 bridgehead atoms. The predicted molar refractivity (Wildman–Crippen MR) is 89.7 cm³/mol. The van der Waals surface area contributed by atoms with E-state index in [9.17, 15) is 9.59 Å². The fourth-order valence-electron chi connectivity index (χ4n) is 3.36. The van der Waals surface area contributed by atoms with Crippen molar-refractivity contribution in [2.24, 2.45) is 0 Å². The molecular formula is C17H22N2O3S. The third-order valence-electron chi connectivity index (χ3n) is 4.74. The number of thioether (sulfide) groups is 1. The number of carboxylic acids is 1. The Balaban J connectivity index is 1.51. The topological polar surface area (TPSA) is 69.6 Å². The van der Waals surface area contributed by atoms with Crippen LogP contribution in [0.5, 0.6) is 0 Å². The third-order valence-corrected chi connectivity index (χ3v) is 5.92. The molecule has 1 fully saturated rings. The summed E-state index contributed by atoms with van der Waals surface area (Å²) in [6.45, 7) is 2.78. The van der Waals surface area contributed by atoms with E-state index in [0.717, 1.165) is 30.7 Å². The van der Waals surface area contributed by atoms with Crippen molar-refractivity contribution in [1.29, 1.82) is 0 Å². The number of hydrogen-bond acceptors (Lipinski definition) is 4. The molecule has 2 aliphatic rings. The SMILES string of the molecule is CCN(CC(=O)O)C1CC(NC(=O)[C@@H]2CSc3ccccc32)C1. The maximum Gasteiger partial charge on any atom is 0.317 e. The summed E-state index contributed by atoms with van der Waals surface area (Å²) in [5.41, 5.74) is 1.13. The van der Waals surface area contributed by atoms with Crippen LogP contribution in [0.2, 0.25) is 0 Å². The van der Waals surface area contributed by atoms with Gasteiger partial charge in [0.05, 0.1) is 12.5 Å². The summed E-state index contributed by atoms with van der Waals surface area (Å²) in [6.07, 6.45) is 1.68. The molecule has 0 unspecified atom stereocenters. The number of hydrogen-bond donors (Lipinski definition) is 2. The van der Waals surface area contributed by atoms with Gasteiger partial charge in [-0.2, -0.15) is 0 Å². The number of aliphatic carboxylic acids is 1. The Kier molecular flexibility index (Phi) is 4.92. The van der Waals surface area contributed by atoms with Gasteiger partial charge in [0.2, 0.25) is 5.91 Å². The van der Waals surface area contributed by atoms with Gasteiger partial charge in [-0.1, -0.05) is 25.1 Å². The number of nitrogens with zero attached hydrogens (tertiary/aromatic N) is 1. The van der Waals surface area contributed by atoms with Gasteiger partial charge in [-0.25, -0.2) is 0 Å². The second kappa shape index (κ2) is 6.93. The fraction of sp³-hybridized carbons (Fsp3) is 0.529. The van der Waals surface area contributed by atoms with Crippen molar-refractivity contribution >= 4 is 23.6 Å². The lowest BCUT2D eigenvalue weighted by molar-refractivity contribution is -0.139. The molecule has 124 valence electrons. The molecule has 23 heavy (non-hydrogen) atoms. The van der Waals surface area contributed by atoms with Crippen molar-refractivity contribution in [3.8, 4) is 0 Å². The summed E-state index contributed by atoms with van der Waals surface area (Å²) in [6, 6.07) is 8.53. The monoisotopic (exact) mass is 334 g/mol. The van der Waals surface area contributed by atoms with Gasteiger partial charge in [0.15, 0.2) is 0 Å². The number of carbonyl (C=O) groups is 2. The number of amides is 1. The molecule has 2 N–H and O–H groups in total. The van der Waals surface area contributed by atoms with Crippen molar-refractivity contribution in [2.45, 2.75) is 42.7 Å². The first kappa shape index (κ1) is 16.3. The quantitative estimate of drug-likeness (QED) is 0.832. The number of carboxylic acid groups (broad SMARTS) is 1. The lowest BCUT2D eigenvalue weighted by Crippen LogP contribution is -2.55. The number of benzene rings is 1. The second-order valence-corrected chi connectivity index (χ2v) is 7.25. The van der Waals surface area contributed by atoms with Crippen molar-refractivity contribution in [3.05, 3.63) is 29.8 Å². The minimum Gasteiger partial charge on any atom is -0.480 e. The molecule has 1 heterocycles. The van der Waals surface area contributed by atoms with Crippen molar-refractivity contribution in [2.75, 3.05) is 18.8 Å². The van der Waals surface area contributed by atoms with Gasteiger partial charge in [-0.3, -0.25) is 14.5 Å². The lowest BCUT2D eigenvalue weighted by Gasteiger charge is -2.42. The van der Waals surface area contributed by atoms with Crippen LogP contribution < -0.4 is 5.32 Å². The predicted octanol–water partition coefficient (Wildman–Crippen LogP) is 1.93. The van der Waals surface area contributed by atoms with Crippen LogP contribution in [0.4, 0.5) is 0 Å². The van der Waals surface area contributed by atoms with E-state index in [1.54, 1.807) is 11.8 Å². The zero-order chi connectivity index (χ0) is 16.4. The van der Waals surface area contributed by atoms with Crippen LogP contribution in [0, 0.1) is 0 Å². The molecule has 1 aromatic rings. The highest BCUT2D eigenvalue weighted by atomic mass is 32.2. The van der Waals surface area contributed by atoms with Crippen LogP contribution in [-0.2, 0) is 9.59 Å². The Morgan fingerprint density at radius 2 is 2.09 bits per heavy atom. The van der Waals surface area contributed by atoms with Crippen molar-refractivity contribution < 1.29 is 14.7 Å². The molecule has 0 radical (unpaired) electrons. The van der Waals surface area contributed by atoms with E-state index in [0.29, 0.717) is 0 Å². The highest BCUT2D eigenvalue weighted by Crippen LogP contribution is 2.39. The van der Waals surface area contributed by atoms with E-state index in [4.69, 9.17) is 5.11 Å². The molecular weight excluding hydrogens is 312 g/mol. The summed E-state index contributed by atoms with van der Waals surface area (Å²) >= 11 is 1.74. The molecule has 5 nitrogen and oxygen atoms in total. The molecule has 1 aromatic carbocycles. The zero-order valence-corrected chi connectivity index (χ0v) is 14.0. The van der Waals surface area contributed by atoms with Crippen molar-refractivity contribution in [1.82, 2.24) is 10.2 Å². The van der Waals surface area contributed by atoms with E-state index in [1.807, 2.05) is 30.0 Å². The van der Waals surface area contributed by atoms with Crippen LogP contribution in [-0.4, -0.2) is 52.8 Å².